The maximum absolute atomic E-state index is 14.2. The molecule has 112 valence electrons. The Hall–Kier alpha value is -2.07. The van der Waals surface area contributed by atoms with E-state index >= 15 is 0 Å². The molecule has 2 rings (SSSR count). The molecule has 0 spiro atoms. The Bertz CT molecular complexity index is 614. The maximum atomic E-state index is 14.2. The molecule has 0 fully saturated rings. The van der Waals surface area contributed by atoms with Gasteiger partial charge in [0.05, 0.1) is 14.2 Å². The first-order valence-electron chi connectivity index (χ1n) is 6.91. The van der Waals surface area contributed by atoms with Crippen LogP contribution in [0.15, 0.2) is 36.4 Å². The van der Waals surface area contributed by atoms with Crippen LogP contribution in [-0.4, -0.2) is 20.8 Å². The van der Waals surface area contributed by atoms with Gasteiger partial charge in [-0.1, -0.05) is 19.1 Å². The summed E-state index contributed by atoms with van der Waals surface area (Å²) in [6, 6.07) is 10.7. The van der Waals surface area contributed by atoms with Gasteiger partial charge in [0, 0.05) is 17.7 Å². The van der Waals surface area contributed by atoms with Crippen molar-refractivity contribution in [2.75, 3.05) is 20.8 Å². The second kappa shape index (κ2) is 7.09. The molecule has 0 saturated heterocycles. The highest BCUT2D eigenvalue weighted by Gasteiger charge is 2.10. The standard InChI is InChI=1S/C17H20FNO2/c1-4-19-11-13-6-5-12(9-16(13)18)15-10-14(20-2)7-8-17(15)21-3/h5-10,19H,4,11H2,1-3H3. The zero-order chi connectivity index (χ0) is 15.2. The van der Waals surface area contributed by atoms with E-state index in [1.54, 1.807) is 20.3 Å². The van der Waals surface area contributed by atoms with Gasteiger partial charge in [0.15, 0.2) is 0 Å². The lowest BCUT2D eigenvalue weighted by molar-refractivity contribution is 0.404. The molecule has 2 aromatic carbocycles. The molecule has 1 N–H and O–H groups in total. The van der Waals surface area contributed by atoms with Crippen molar-refractivity contribution in [2.24, 2.45) is 0 Å². The summed E-state index contributed by atoms with van der Waals surface area (Å²) in [5.74, 6) is 1.18. The highest BCUT2D eigenvalue weighted by molar-refractivity contribution is 5.72. The van der Waals surface area contributed by atoms with Crippen LogP contribution in [-0.2, 0) is 6.54 Å². The Morgan fingerprint density at radius 2 is 1.86 bits per heavy atom. The minimum absolute atomic E-state index is 0.224. The summed E-state index contributed by atoms with van der Waals surface area (Å²) < 4.78 is 24.7. The van der Waals surface area contributed by atoms with E-state index in [-0.39, 0.29) is 5.82 Å². The molecule has 21 heavy (non-hydrogen) atoms. The van der Waals surface area contributed by atoms with E-state index in [9.17, 15) is 4.39 Å². The van der Waals surface area contributed by atoms with Gasteiger partial charge in [-0.2, -0.15) is 0 Å². The van der Waals surface area contributed by atoms with Crippen LogP contribution in [0.25, 0.3) is 11.1 Å². The number of rotatable bonds is 6. The monoisotopic (exact) mass is 289 g/mol. The molecule has 0 bridgehead atoms. The fraction of sp³-hybridized carbons (Fsp3) is 0.294. The summed E-state index contributed by atoms with van der Waals surface area (Å²) in [5.41, 5.74) is 2.23. The Balaban J connectivity index is 2.39. The van der Waals surface area contributed by atoms with Crippen LogP contribution >= 0.6 is 0 Å². The lowest BCUT2D eigenvalue weighted by Gasteiger charge is -2.12. The molecule has 0 aliphatic rings. The molecule has 0 atom stereocenters. The lowest BCUT2D eigenvalue weighted by atomic mass is 10.0. The molecule has 3 nitrogen and oxygen atoms in total. The average Bonchev–Trinajstić information content (AvgIpc) is 2.53. The fourth-order valence-corrected chi connectivity index (χ4v) is 2.16. The second-order valence-corrected chi connectivity index (χ2v) is 4.65. The first-order chi connectivity index (χ1) is 10.2. The average molecular weight is 289 g/mol. The number of halogens is 1. The van der Waals surface area contributed by atoms with Crippen molar-refractivity contribution in [3.05, 3.63) is 47.8 Å². The molecule has 0 amide bonds. The predicted octanol–water partition coefficient (Wildman–Crippen LogP) is 3.62. The van der Waals surface area contributed by atoms with Crippen LogP contribution in [0.1, 0.15) is 12.5 Å². The van der Waals surface area contributed by atoms with Crippen LogP contribution in [0.5, 0.6) is 11.5 Å². The van der Waals surface area contributed by atoms with Crippen LogP contribution in [0.4, 0.5) is 4.39 Å². The highest BCUT2D eigenvalue weighted by Crippen LogP contribution is 2.34. The van der Waals surface area contributed by atoms with Crippen molar-refractivity contribution >= 4 is 0 Å². The largest absolute Gasteiger partial charge is 0.497 e. The number of hydrogen-bond acceptors (Lipinski definition) is 3. The van der Waals surface area contributed by atoms with E-state index < -0.39 is 0 Å². The van der Waals surface area contributed by atoms with Crippen LogP contribution in [0, 0.1) is 5.82 Å². The molecule has 2 aromatic rings. The molecule has 0 unspecified atom stereocenters. The third-order valence-electron chi connectivity index (χ3n) is 3.34. The minimum atomic E-state index is -0.224. The number of ether oxygens (including phenoxy) is 2. The number of hydrogen-bond donors (Lipinski definition) is 1. The van der Waals surface area contributed by atoms with Crippen LogP contribution < -0.4 is 14.8 Å². The van der Waals surface area contributed by atoms with Gasteiger partial charge >= 0.3 is 0 Å². The lowest BCUT2D eigenvalue weighted by Crippen LogP contribution is -2.12. The third kappa shape index (κ3) is 3.52. The van der Waals surface area contributed by atoms with E-state index in [2.05, 4.69) is 5.32 Å². The van der Waals surface area contributed by atoms with Gasteiger partial charge in [0.25, 0.3) is 0 Å². The van der Waals surface area contributed by atoms with Crippen molar-refractivity contribution in [3.63, 3.8) is 0 Å². The first kappa shape index (κ1) is 15.3. The van der Waals surface area contributed by atoms with E-state index in [0.717, 1.165) is 17.7 Å². The third-order valence-corrected chi connectivity index (χ3v) is 3.34. The first-order valence-corrected chi connectivity index (χ1v) is 6.91. The quantitative estimate of drug-likeness (QED) is 0.881. The highest BCUT2D eigenvalue weighted by atomic mass is 19.1. The van der Waals surface area contributed by atoms with Gasteiger partial charge in [-0.25, -0.2) is 4.39 Å². The molecule has 0 aliphatic heterocycles. The Kier molecular flexibility index (Phi) is 5.17. The molecule has 0 saturated carbocycles. The van der Waals surface area contributed by atoms with Gasteiger partial charge in [0.2, 0.25) is 0 Å². The molecular weight excluding hydrogens is 269 g/mol. The summed E-state index contributed by atoms with van der Waals surface area (Å²) >= 11 is 0. The second-order valence-electron chi connectivity index (χ2n) is 4.65. The number of nitrogens with one attached hydrogen (secondary N) is 1. The topological polar surface area (TPSA) is 30.5 Å². The summed E-state index contributed by atoms with van der Waals surface area (Å²) in [7, 11) is 3.20. The van der Waals surface area contributed by atoms with Crippen LogP contribution in [0.3, 0.4) is 0 Å². The molecule has 0 aliphatic carbocycles. The predicted molar refractivity (Wildman–Crippen MR) is 82.3 cm³/mol. The summed E-state index contributed by atoms with van der Waals surface area (Å²) in [6.07, 6.45) is 0. The van der Waals surface area contributed by atoms with Gasteiger partial charge in [-0.05, 0) is 36.4 Å². The normalized spacial score (nSPS) is 10.5. The van der Waals surface area contributed by atoms with Gasteiger partial charge in [0.1, 0.15) is 17.3 Å². The van der Waals surface area contributed by atoms with Crippen LogP contribution in [0.2, 0.25) is 0 Å². The van der Waals surface area contributed by atoms with Crippen molar-refractivity contribution in [3.8, 4) is 22.6 Å². The SMILES string of the molecule is CCNCc1ccc(-c2cc(OC)ccc2OC)cc1F. The molecule has 4 heteroatoms. The number of methoxy groups -OCH3 is 2. The molecule has 0 heterocycles. The zero-order valence-corrected chi connectivity index (χ0v) is 12.6. The summed E-state index contributed by atoms with van der Waals surface area (Å²) in [4.78, 5) is 0. The van der Waals surface area contributed by atoms with Crippen molar-refractivity contribution in [1.29, 1.82) is 0 Å². The van der Waals surface area contributed by atoms with Crippen molar-refractivity contribution in [2.45, 2.75) is 13.5 Å². The fourth-order valence-electron chi connectivity index (χ4n) is 2.16. The van der Waals surface area contributed by atoms with E-state index in [1.807, 2.05) is 31.2 Å². The smallest absolute Gasteiger partial charge is 0.128 e. The molecular formula is C17H20FNO2. The van der Waals surface area contributed by atoms with Crippen molar-refractivity contribution < 1.29 is 13.9 Å². The Morgan fingerprint density at radius 3 is 2.48 bits per heavy atom. The van der Waals surface area contributed by atoms with E-state index in [0.29, 0.717) is 23.6 Å². The Morgan fingerprint density at radius 1 is 1.05 bits per heavy atom. The Labute approximate surface area is 124 Å². The van der Waals surface area contributed by atoms with Gasteiger partial charge in [-0.3, -0.25) is 0 Å². The van der Waals surface area contributed by atoms with Gasteiger partial charge in [-0.15, -0.1) is 0 Å². The van der Waals surface area contributed by atoms with E-state index in [4.69, 9.17) is 9.47 Å². The summed E-state index contributed by atoms with van der Waals surface area (Å²) in [5, 5.41) is 3.12. The zero-order valence-electron chi connectivity index (χ0n) is 12.6. The number of benzene rings is 2. The minimum Gasteiger partial charge on any atom is -0.497 e. The van der Waals surface area contributed by atoms with Gasteiger partial charge < -0.3 is 14.8 Å². The van der Waals surface area contributed by atoms with Crippen molar-refractivity contribution in [1.82, 2.24) is 5.32 Å². The maximum Gasteiger partial charge on any atom is 0.128 e. The molecule has 0 radical (unpaired) electrons. The summed E-state index contributed by atoms with van der Waals surface area (Å²) in [6.45, 7) is 3.33. The molecule has 0 aromatic heterocycles. The van der Waals surface area contributed by atoms with E-state index in [1.165, 1.54) is 6.07 Å².